The zero-order valence-corrected chi connectivity index (χ0v) is 11.5. The van der Waals surface area contributed by atoms with Crippen molar-refractivity contribution in [1.29, 1.82) is 0 Å². The number of hydrogen-bond donors (Lipinski definition) is 0. The van der Waals surface area contributed by atoms with Crippen molar-refractivity contribution in [2.24, 2.45) is 0 Å². The Hall–Kier alpha value is 3.04. The summed E-state index contributed by atoms with van der Waals surface area (Å²) in [6.07, 6.45) is 0. The van der Waals surface area contributed by atoms with Gasteiger partial charge < -0.3 is 0 Å². The van der Waals surface area contributed by atoms with Gasteiger partial charge in [-0.2, -0.15) is 0 Å². The zero-order chi connectivity index (χ0) is 0. The standard InChI is InChI=1S/Co.Mo.Ni.Re.W. The van der Waals surface area contributed by atoms with E-state index in [2.05, 4.69) is 0 Å². The molecule has 0 aliphatic rings. The van der Waals surface area contributed by atoms with E-state index in [1.165, 1.54) is 0 Å². The first kappa shape index (κ1) is 43.1. The SMILES string of the molecule is [Co].[Mo].[Ni].[Re].[W]. The Kier molecular flexibility index (Phi) is 240. The molecule has 0 N–H and O–H groups in total. The third-order valence-corrected chi connectivity index (χ3v) is 0. The first-order valence-electron chi connectivity index (χ1n) is 0. The Morgan fingerprint density at radius 1 is 1.00 bits per heavy atom. The van der Waals surface area contributed by atoms with E-state index in [0.29, 0.717) is 0 Å². The Labute approximate surface area is 94.3 Å². The molecular weight excluding hydrogens is 584 g/mol. The van der Waals surface area contributed by atoms with Gasteiger partial charge in [0.1, 0.15) is 0 Å². The molecule has 0 nitrogen and oxygen atoms in total. The molecule has 0 saturated carbocycles. The van der Waals surface area contributed by atoms with Crippen LogP contribution in [0.2, 0.25) is 0 Å². The van der Waals surface area contributed by atoms with Crippen molar-refractivity contribution < 1.29 is 95.8 Å². The van der Waals surface area contributed by atoms with E-state index in [1.807, 2.05) is 0 Å². The van der Waals surface area contributed by atoms with E-state index in [9.17, 15) is 0 Å². The molecule has 38 valence electrons. The second-order valence-corrected chi connectivity index (χ2v) is 0. The third-order valence-electron chi connectivity index (χ3n) is 0. The molecule has 0 aromatic carbocycles. The first-order chi connectivity index (χ1) is 0. The maximum absolute atomic E-state index is 0. The summed E-state index contributed by atoms with van der Waals surface area (Å²) >= 11 is 0. The molecule has 0 bridgehead atoms. The fourth-order valence-corrected chi connectivity index (χ4v) is 0. The average molecular weight is 584 g/mol. The summed E-state index contributed by atoms with van der Waals surface area (Å²) in [6, 6.07) is 0. The Morgan fingerprint density at radius 2 is 1.00 bits per heavy atom. The van der Waals surface area contributed by atoms with Crippen molar-refractivity contribution >= 4 is 0 Å². The maximum atomic E-state index is 0. The minimum atomic E-state index is 0. The van der Waals surface area contributed by atoms with Crippen LogP contribution in [0.4, 0.5) is 0 Å². The molecule has 0 aliphatic heterocycles. The molecule has 0 aromatic heterocycles. The van der Waals surface area contributed by atoms with Crippen LogP contribution in [-0.4, -0.2) is 0 Å². The van der Waals surface area contributed by atoms with Crippen LogP contribution in [0.15, 0.2) is 0 Å². The summed E-state index contributed by atoms with van der Waals surface area (Å²) in [5, 5.41) is 0. The smallest absolute Gasteiger partial charge is 0 e. The van der Waals surface area contributed by atoms with E-state index < -0.39 is 0 Å². The minimum absolute atomic E-state index is 0. The molecule has 5 heavy (non-hydrogen) atoms. The van der Waals surface area contributed by atoms with Gasteiger partial charge in [-0.25, -0.2) is 0 Å². The van der Waals surface area contributed by atoms with Crippen molar-refractivity contribution in [3.63, 3.8) is 0 Å². The number of hydrogen-bond acceptors (Lipinski definition) is 0. The fourth-order valence-electron chi connectivity index (χ4n) is 0. The first-order valence-corrected chi connectivity index (χ1v) is 0. The second-order valence-electron chi connectivity index (χ2n) is 0. The van der Waals surface area contributed by atoms with E-state index in [1.54, 1.807) is 0 Å². The van der Waals surface area contributed by atoms with Crippen LogP contribution in [0, 0.1) is 0 Å². The van der Waals surface area contributed by atoms with Crippen molar-refractivity contribution in [2.75, 3.05) is 0 Å². The topological polar surface area (TPSA) is 0 Å². The predicted octanol–water partition coefficient (Wildman–Crippen LogP) is -0.0125. The van der Waals surface area contributed by atoms with Crippen molar-refractivity contribution in [3.8, 4) is 0 Å². The van der Waals surface area contributed by atoms with Gasteiger partial charge in [0.15, 0.2) is 0 Å². The van der Waals surface area contributed by atoms with Gasteiger partial charge in [-0.15, -0.1) is 0 Å². The molecule has 0 rings (SSSR count). The van der Waals surface area contributed by atoms with Gasteiger partial charge in [0.25, 0.3) is 0 Å². The van der Waals surface area contributed by atoms with Crippen LogP contribution >= 0.6 is 0 Å². The molecule has 0 aromatic rings. The van der Waals surface area contributed by atoms with E-state index in [4.69, 9.17) is 0 Å². The molecule has 0 saturated heterocycles. The molecule has 2 radical (unpaired) electrons. The molecular formula is CoMoNiReW. The third kappa shape index (κ3) is 19.4. The average Bonchev–Trinajstić information content (AvgIpc) is 0. The number of rotatable bonds is 0. The zero-order valence-electron chi connectivity index (χ0n) is 1.84. The van der Waals surface area contributed by atoms with Gasteiger partial charge in [-0.05, 0) is 0 Å². The summed E-state index contributed by atoms with van der Waals surface area (Å²) in [7, 11) is 0. The van der Waals surface area contributed by atoms with Crippen LogP contribution in [0.25, 0.3) is 0 Å². The quantitative estimate of drug-likeness (QED) is 0.352. The summed E-state index contributed by atoms with van der Waals surface area (Å²) in [4.78, 5) is 0. The van der Waals surface area contributed by atoms with Gasteiger partial charge in [0.05, 0.1) is 0 Å². The summed E-state index contributed by atoms with van der Waals surface area (Å²) < 4.78 is 0. The summed E-state index contributed by atoms with van der Waals surface area (Å²) in [5.41, 5.74) is 0. The van der Waals surface area contributed by atoms with E-state index in [0.717, 1.165) is 0 Å². The fraction of sp³-hybridized carbons (Fsp3) is 0. The predicted molar refractivity (Wildman–Crippen MR) is 0 cm³/mol. The van der Waals surface area contributed by atoms with Gasteiger partial charge in [-0.1, -0.05) is 0 Å². The van der Waals surface area contributed by atoms with Crippen LogP contribution in [0.3, 0.4) is 0 Å². The van der Waals surface area contributed by atoms with Gasteiger partial charge in [0.2, 0.25) is 0 Å². The monoisotopic (exact) mass is 586 g/mol. The van der Waals surface area contributed by atoms with E-state index in [-0.39, 0.29) is 95.8 Å². The summed E-state index contributed by atoms with van der Waals surface area (Å²) in [5.74, 6) is 0. The normalized spacial score (nSPS) is 0. The largest absolute Gasteiger partial charge is 0 e. The molecule has 0 unspecified atom stereocenters. The second kappa shape index (κ2) is 27.8. The Balaban J connectivity index is 0. The molecule has 0 spiro atoms. The minimum Gasteiger partial charge on any atom is 0 e. The molecule has 0 heterocycles. The summed E-state index contributed by atoms with van der Waals surface area (Å²) in [6.45, 7) is 0. The molecule has 0 aliphatic carbocycles. The van der Waals surface area contributed by atoms with Crippen molar-refractivity contribution in [3.05, 3.63) is 0 Å². The van der Waals surface area contributed by atoms with Crippen molar-refractivity contribution in [2.45, 2.75) is 0 Å². The van der Waals surface area contributed by atoms with E-state index >= 15 is 0 Å². The van der Waals surface area contributed by atoms with Gasteiger partial charge in [-0.3, -0.25) is 0 Å². The van der Waals surface area contributed by atoms with Crippen LogP contribution in [0.1, 0.15) is 0 Å². The Morgan fingerprint density at radius 3 is 1.00 bits per heavy atom. The molecule has 0 fully saturated rings. The molecule has 5 heteroatoms. The van der Waals surface area contributed by atoms with Crippen LogP contribution in [-0.2, 0) is 95.8 Å². The Bertz CT molecular complexity index is 11.6. The van der Waals surface area contributed by atoms with Crippen molar-refractivity contribution in [1.82, 2.24) is 0 Å². The molecule has 0 atom stereocenters. The van der Waals surface area contributed by atoms with Gasteiger partial charge in [0, 0.05) is 95.8 Å². The molecule has 0 amide bonds. The maximum Gasteiger partial charge on any atom is 0 e. The van der Waals surface area contributed by atoms with Crippen LogP contribution < -0.4 is 0 Å². The van der Waals surface area contributed by atoms with Crippen LogP contribution in [0.5, 0.6) is 0 Å². The van der Waals surface area contributed by atoms with Gasteiger partial charge >= 0.3 is 0 Å².